The Bertz CT molecular complexity index is 8470. The van der Waals surface area contributed by atoms with Gasteiger partial charge in [0.05, 0.1) is 50.5 Å². The first kappa shape index (κ1) is 73.5. The summed E-state index contributed by atoms with van der Waals surface area (Å²) >= 11 is 0. The molecule has 0 saturated carbocycles. The number of ether oxygens (including phenoxy) is 2. The molecule has 598 valence electrons. The SMILES string of the molecule is O=c1c2cc3c(=O)c4cc(N5c6cc(-c7ccccc7)ccc6Oc6ccc(-c7ccccc7)cc65)cc(N5c6cc(-c7ccccc7)ccc6Oc6ccc(-c7ccccc7)cc65)c4ccc3cc2ccc2c(-c3ccc4c(c3)c3cc(-c5ccccc5)ccc3n4-c3ccccc3)cc(-c3ccc4c(c3)c3cc(-c5ccccc5)ccc3n4-c3ccccc3)cc12. The zero-order valence-electron chi connectivity index (χ0n) is 69.1. The molecule has 0 aliphatic carbocycles. The number of hydrogen-bond donors (Lipinski definition) is 0. The molecule has 8 nitrogen and oxygen atoms in total. The van der Waals surface area contributed by atoms with Crippen LogP contribution in [0.25, 0.3) is 187 Å². The first-order valence-corrected chi connectivity index (χ1v) is 43.4. The van der Waals surface area contributed by atoms with Crippen LogP contribution in [0.5, 0.6) is 23.0 Å². The Hall–Kier alpha value is -17.2. The van der Waals surface area contributed by atoms with Crippen LogP contribution in [0.4, 0.5) is 34.1 Å². The van der Waals surface area contributed by atoms with Gasteiger partial charge in [0.25, 0.3) is 0 Å². The van der Waals surface area contributed by atoms with E-state index in [-0.39, 0.29) is 10.9 Å². The lowest BCUT2D eigenvalue weighted by Gasteiger charge is -2.36. The fourth-order valence-corrected chi connectivity index (χ4v) is 19.8. The molecular weight excluding hydrogens is 1560 g/mol. The topological polar surface area (TPSA) is 68.9 Å². The maximum absolute atomic E-state index is 17.5. The third-order valence-electron chi connectivity index (χ3n) is 26.0. The van der Waals surface area contributed by atoms with Crippen LogP contribution in [0.2, 0.25) is 0 Å². The second-order valence-corrected chi connectivity index (χ2v) is 33.3. The standard InChI is InChI=1S/C120H74N4O4/c125-119-98-74-99-89(61-88(98)41-51-95-97(90-46-56-109-103(65-90)101-63-82(76-27-11-2-12-28-76)44-54-107(101)122(109)93-39-23-8-24-40-93)66-91(67-104(95)119)83-45-55-108-102(64-83)100-62-81(75-25-9-1-10-26-75)43-53-106(100)121(108)92-37-21-7-22-38-92)42-52-96-105(120(99)126)72-94(123-111-68-84(77-29-13-3-14-30-77)47-57-115(111)127-116-58-48-85(69-112(116)123)78-31-15-4-16-32-78)73-110(96)124-113-70-86(79-33-17-5-18-34-79)49-59-117(113)128-118-60-50-87(71-114(118)124)80-35-19-6-20-36-80/h1-74H. The van der Waals surface area contributed by atoms with E-state index in [1.165, 1.54) is 0 Å². The molecule has 0 fully saturated rings. The van der Waals surface area contributed by atoms with Gasteiger partial charge in [-0.3, -0.25) is 9.59 Å². The summed E-state index contributed by atoms with van der Waals surface area (Å²) in [6.07, 6.45) is 0. The summed E-state index contributed by atoms with van der Waals surface area (Å²) in [4.78, 5) is 39.2. The number of anilines is 6. The Morgan fingerprint density at radius 2 is 0.461 bits per heavy atom. The maximum Gasteiger partial charge on any atom is 0.194 e. The summed E-state index contributed by atoms with van der Waals surface area (Å²) in [5.74, 6) is 2.56. The molecule has 0 N–H and O–H groups in total. The van der Waals surface area contributed by atoms with Crippen LogP contribution in [0.1, 0.15) is 0 Å². The van der Waals surface area contributed by atoms with Gasteiger partial charge in [0.2, 0.25) is 0 Å². The number of rotatable bonds is 12. The first-order valence-electron chi connectivity index (χ1n) is 43.4. The Balaban J connectivity index is 0.763. The van der Waals surface area contributed by atoms with Gasteiger partial charge in [0.15, 0.2) is 33.9 Å². The molecule has 0 atom stereocenters. The van der Waals surface area contributed by atoms with Crippen LogP contribution in [-0.2, 0) is 0 Å². The fraction of sp³-hybridized carbons (Fsp3) is 0. The van der Waals surface area contributed by atoms with E-state index in [2.05, 4.69) is 431 Å². The smallest absolute Gasteiger partial charge is 0.194 e. The van der Waals surface area contributed by atoms with Crippen molar-refractivity contribution in [1.29, 1.82) is 0 Å². The number of nitrogens with zero attached hydrogens (tertiary/aromatic N) is 4. The van der Waals surface area contributed by atoms with Crippen molar-refractivity contribution in [3.05, 3.63) is 469 Å². The molecule has 0 radical (unpaired) electrons. The summed E-state index contributed by atoms with van der Waals surface area (Å²) in [6, 6.07) is 158. The van der Waals surface area contributed by atoms with Crippen molar-refractivity contribution in [3.63, 3.8) is 0 Å². The molecule has 0 saturated heterocycles. The molecule has 8 heteroatoms. The lowest BCUT2D eigenvalue weighted by atomic mass is 9.92. The zero-order valence-corrected chi connectivity index (χ0v) is 69.1. The number of aromatic nitrogens is 2. The van der Waals surface area contributed by atoms with Crippen LogP contribution in [0.15, 0.2) is 459 Å². The van der Waals surface area contributed by atoms with Crippen molar-refractivity contribution >= 4 is 121 Å². The zero-order chi connectivity index (χ0) is 84.6. The highest BCUT2D eigenvalue weighted by atomic mass is 16.5. The average Bonchev–Trinajstić information content (AvgIpc) is 1.71. The quantitative estimate of drug-likeness (QED) is 0.121. The average molecular weight is 1640 g/mol. The van der Waals surface area contributed by atoms with Crippen molar-refractivity contribution in [1.82, 2.24) is 9.13 Å². The summed E-state index contributed by atoms with van der Waals surface area (Å²) in [5.41, 5.74) is 26.6. The Labute approximate surface area is 737 Å². The molecule has 2 aliphatic rings. The molecule has 21 aromatic carbocycles. The van der Waals surface area contributed by atoms with E-state index in [4.69, 9.17) is 9.47 Å². The Morgan fingerprint density at radius 3 is 0.836 bits per heavy atom. The largest absolute Gasteiger partial charge is 0.453 e. The maximum atomic E-state index is 17.5. The van der Waals surface area contributed by atoms with E-state index in [1.54, 1.807) is 0 Å². The number of hydrogen-bond acceptors (Lipinski definition) is 6. The summed E-state index contributed by atoms with van der Waals surface area (Å²) in [5, 5.41) is 8.87. The second-order valence-electron chi connectivity index (χ2n) is 33.3. The van der Waals surface area contributed by atoms with Gasteiger partial charge in [-0.1, -0.05) is 291 Å². The van der Waals surface area contributed by atoms with E-state index >= 15 is 9.59 Å². The molecule has 0 unspecified atom stereocenters. The van der Waals surface area contributed by atoms with E-state index in [0.717, 1.165) is 178 Å². The van der Waals surface area contributed by atoms with Gasteiger partial charge >= 0.3 is 0 Å². The van der Waals surface area contributed by atoms with Gasteiger partial charge in [-0.15, -0.1) is 0 Å². The predicted molar refractivity (Wildman–Crippen MR) is 531 cm³/mol. The Kier molecular flexibility index (Phi) is 17.1. The summed E-state index contributed by atoms with van der Waals surface area (Å²) in [6.45, 7) is 0. The molecule has 25 rings (SSSR count). The molecular formula is C120H74N4O4. The molecule has 23 aromatic rings. The minimum absolute atomic E-state index is 0.208. The molecule has 0 spiro atoms. The van der Waals surface area contributed by atoms with Gasteiger partial charge in [-0.25, -0.2) is 0 Å². The molecule has 0 bridgehead atoms. The van der Waals surface area contributed by atoms with Crippen molar-refractivity contribution in [2.24, 2.45) is 0 Å². The van der Waals surface area contributed by atoms with E-state index in [1.807, 2.05) is 36.4 Å². The minimum Gasteiger partial charge on any atom is -0.453 e. The molecule has 0 amide bonds. The monoisotopic (exact) mass is 1630 g/mol. The van der Waals surface area contributed by atoms with Crippen molar-refractivity contribution in [3.8, 4) is 123 Å². The number of benzene rings is 19. The van der Waals surface area contributed by atoms with Gasteiger partial charge in [-0.05, 0) is 263 Å². The number of fused-ring (bicyclic) bond motifs is 14. The number of para-hydroxylation sites is 2. The lowest BCUT2D eigenvalue weighted by Crippen LogP contribution is -2.19. The highest BCUT2D eigenvalue weighted by Gasteiger charge is 2.34. The van der Waals surface area contributed by atoms with Crippen LogP contribution >= 0.6 is 0 Å². The predicted octanol–water partition coefficient (Wildman–Crippen LogP) is 31.7. The highest BCUT2D eigenvalue weighted by Crippen LogP contribution is 2.58. The molecule has 4 heterocycles. The second kappa shape index (κ2) is 29.8. The Morgan fingerprint density at radius 1 is 0.164 bits per heavy atom. The van der Waals surface area contributed by atoms with Gasteiger partial charge in [0, 0.05) is 65.5 Å². The van der Waals surface area contributed by atoms with Gasteiger partial charge in [-0.2, -0.15) is 0 Å². The van der Waals surface area contributed by atoms with Crippen LogP contribution in [-0.4, -0.2) is 9.13 Å². The van der Waals surface area contributed by atoms with Crippen molar-refractivity contribution in [2.45, 2.75) is 0 Å². The van der Waals surface area contributed by atoms with Crippen molar-refractivity contribution < 1.29 is 9.47 Å². The van der Waals surface area contributed by atoms with Crippen LogP contribution in [0.3, 0.4) is 0 Å². The molecule has 2 aromatic heterocycles. The van der Waals surface area contributed by atoms with E-state index < -0.39 is 0 Å². The molecule has 128 heavy (non-hydrogen) atoms. The van der Waals surface area contributed by atoms with Gasteiger partial charge in [0.1, 0.15) is 0 Å². The highest BCUT2D eigenvalue weighted by molar-refractivity contribution is 6.17. The first-order chi connectivity index (χ1) is 63.2. The lowest BCUT2D eigenvalue weighted by molar-refractivity contribution is 0.477. The van der Waals surface area contributed by atoms with Gasteiger partial charge < -0.3 is 28.4 Å². The van der Waals surface area contributed by atoms with E-state index in [0.29, 0.717) is 66.4 Å². The van der Waals surface area contributed by atoms with Crippen molar-refractivity contribution in [2.75, 3.05) is 9.80 Å². The van der Waals surface area contributed by atoms with Crippen LogP contribution < -0.4 is 30.1 Å². The third kappa shape index (κ3) is 12.3. The fourth-order valence-electron chi connectivity index (χ4n) is 19.8. The normalized spacial score (nSPS) is 12.2. The summed E-state index contributed by atoms with van der Waals surface area (Å²) < 4.78 is 18.9. The van der Waals surface area contributed by atoms with E-state index in [9.17, 15) is 0 Å². The minimum atomic E-state index is -0.257. The third-order valence-corrected chi connectivity index (χ3v) is 26.0. The van der Waals surface area contributed by atoms with Crippen LogP contribution in [0, 0.1) is 0 Å². The molecule has 2 aliphatic heterocycles. The summed E-state index contributed by atoms with van der Waals surface area (Å²) in [7, 11) is 0.